The fraction of sp³-hybridized carbons (Fsp3) is 0.458. The predicted octanol–water partition coefficient (Wildman–Crippen LogP) is 3.71. The number of aryl methyl sites for hydroxylation is 1. The van der Waals surface area contributed by atoms with E-state index in [0.29, 0.717) is 19.3 Å². The summed E-state index contributed by atoms with van der Waals surface area (Å²) >= 11 is 0. The van der Waals surface area contributed by atoms with Crippen molar-refractivity contribution < 1.29 is 15.0 Å². The Morgan fingerprint density at radius 1 is 1.00 bits per heavy atom. The van der Waals surface area contributed by atoms with Crippen LogP contribution in [0.15, 0.2) is 54.6 Å². The lowest BCUT2D eigenvalue weighted by molar-refractivity contribution is -0.141. The number of carboxylic acids is 1. The van der Waals surface area contributed by atoms with Crippen LogP contribution in [0.5, 0.6) is 0 Å². The largest absolute Gasteiger partial charge is 0.481 e. The standard InChI is InChI=1S/C24H29NO3/c1-18-8-10-20(11-9-18)24(21(26)27)16-22(24,2)17-25-14-12-23(28,13-15-25)19-6-4-3-5-7-19/h3-11,28H,12-17H2,1-2H3,(H,26,27)/t22?,24-/m0/s1. The van der Waals surface area contributed by atoms with Crippen LogP contribution in [0.4, 0.5) is 0 Å². The number of benzene rings is 2. The van der Waals surface area contributed by atoms with E-state index in [1.807, 2.05) is 61.5 Å². The molecule has 0 aromatic heterocycles. The Morgan fingerprint density at radius 3 is 2.18 bits per heavy atom. The molecule has 0 amide bonds. The number of hydrogen-bond donors (Lipinski definition) is 2. The highest BCUT2D eigenvalue weighted by Crippen LogP contribution is 2.65. The van der Waals surface area contributed by atoms with E-state index in [1.165, 1.54) is 0 Å². The van der Waals surface area contributed by atoms with Crippen LogP contribution < -0.4 is 0 Å². The number of aliphatic carboxylic acids is 1. The van der Waals surface area contributed by atoms with Crippen molar-refractivity contribution in [1.29, 1.82) is 0 Å². The van der Waals surface area contributed by atoms with Gasteiger partial charge in [-0.3, -0.25) is 4.79 Å². The molecule has 1 aliphatic heterocycles. The van der Waals surface area contributed by atoms with Gasteiger partial charge in [-0.25, -0.2) is 0 Å². The van der Waals surface area contributed by atoms with Crippen molar-refractivity contribution in [2.75, 3.05) is 19.6 Å². The molecular weight excluding hydrogens is 350 g/mol. The van der Waals surface area contributed by atoms with Crippen molar-refractivity contribution in [3.8, 4) is 0 Å². The molecule has 1 saturated heterocycles. The highest BCUT2D eigenvalue weighted by molar-refractivity contribution is 5.87. The second kappa shape index (κ2) is 6.71. The van der Waals surface area contributed by atoms with Crippen LogP contribution in [0.25, 0.3) is 0 Å². The normalized spacial score (nSPS) is 29.4. The molecule has 148 valence electrons. The molecule has 4 heteroatoms. The highest BCUT2D eigenvalue weighted by atomic mass is 16.4. The topological polar surface area (TPSA) is 60.8 Å². The summed E-state index contributed by atoms with van der Waals surface area (Å²) in [5.41, 5.74) is 1.17. The van der Waals surface area contributed by atoms with E-state index >= 15 is 0 Å². The molecule has 1 aliphatic carbocycles. The zero-order valence-electron chi connectivity index (χ0n) is 16.7. The van der Waals surface area contributed by atoms with E-state index < -0.39 is 17.0 Å². The maximum Gasteiger partial charge on any atom is 0.314 e. The molecule has 0 radical (unpaired) electrons. The zero-order valence-corrected chi connectivity index (χ0v) is 16.7. The fourth-order valence-corrected chi connectivity index (χ4v) is 5.09. The van der Waals surface area contributed by atoms with Crippen LogP contribution in [-0.2, 0) is 15.8 Å². The van der Waals surface area contributed by atoms with Crippen molar-refractivity contribution in [3.63, 3.8) is 0 Å². The Morgan fingerprint density at radius 2 is 1.61 bits per heavy atom. The smallest absolute Gasteiger partial charge is 0.314 e. The van der Waals surface area contributed by atoms with E-state index in [0.717, 1.165) is 36.3 Å². The third-order valence-corrected chi connectivity index (χ3v) is 7.04. The molecule has 4 rings (SSSR count). The Balaban J connectivity index is 1.46. The summed E-state index contributed by atoms with van der Waals surface area (Å²) in [4.78, 5) is 14.6. The van der Waals surface area contributed by atoms with Gasteiger partial charge in [-0.05, 0) is 37.3 Å². The van der Waals surface area contributed by atoms with E-state index in [-0.39, 0.29) is 5.41 Å². The van der Waals surface area contributed by atoms with Crippen molar-refractivity contribution in [2.24, 2.45) is 5.41 Å². The lowest BCUT2D eigenvalue weighted by atomic mass is 9.83. The summed E-state index contributed by atoms with van der Waals surface area (Å²) in [7, 11) is 0. The molecule has 1 unspecified atom stereocenters. The van der Waals surface area contributed by atoms with Gasteiger partial charge in [-0.2, -0.15) is 0 Å². The second-order valence-corrected chi connectivity index (χ2v) is 8.99. The van der Waals surface area contributed by atoms with Gasteiger partial charge < -0.3 is 15.1 Å². The van der Waals surface area contributed by atoms with Crippen LogP contribution in [0, 0.1) is 12.3 Å². The van der Waals surface area contributed by atoms with Crippen LogP contribution in [0.2, 0.25) is 0 Å². The molecule has 0 bridgehead atoms. The molecule has 28 heavy (non-hydrogen) atoms. The highest BCUT2D eigenvalue weighted by Gasteiger charge is 2.70. The number of nitrogens with zero attached hydrogens (tertiary/aromatic N) is 1. The number of rotatable bonds is 5. The summed E-state index contributed by atoms with van der Waals surface area (Å²) in [5.74, 6) is -0.725. The Bertz CT molecular complexity index is 855. The summed E-state index contributed by atoms with van der Waals surface area (Å²) in [5, 5.41) is 21.1. The van der Waals surface area contributed by atoms with Gasteiger partial charge in [0.25, 0.3) is 0 Å². The first-order valence-corrected chi connectivity index (χ1v) is 10.1. The minimum absolute atomic E-state index is 0.281. The van der Waals surface area contributed by atoms with Gasteiger partial charge in [0.15, 0.2) is 0 Å². The van der Waals surface area contributed by atoms with E-state index in [1.54, 1.807) is 0 Å². The zero-order chi connectivity index (χ0) is 20.0. The first-order valence-electron chi connectivity index (χ1n) is 10.1. The number of hydrogen-bond acceptors (Lipinski definition) is 3. The van der Waals surface area contributed by atoms with Crippen LogP contribution in [0.1, 0.15) is 42.9 Å². The number of carboxylic acid groups (broad SMARTS) is 1. The fourth-order valence-electron chi connectivity index (χ4n) is 5.09. The van der Waals surface area contributed by atoms with Gasteiger partial charge in [0, 0.05) is 25.0 Å². The molecule has 2 N–H and O–H groups in total. The minimum atomic E-state index is -0.798. The number of likely N-dealkylation sites (tertiary alicyclic amines) is 1. The molecule has 0 spiro atoms. The first kappa shape index (κ1) is 19.2. The van der Waals surface area contributed by atoms with Gasteiger partial charge in [-0.1, -0.05) is 67.1 Å². The van der Waals surface area contributed by atoms with Crippen molar-refractivity contribution in [2.45, 2.75) is 44.1 Å². The third-order valence-electron chi connectivity index (χ3n) is 7.04. The lowest BCUT2D eigenvalue weighted by Crippen LogP contribution is -2.45. The van der Waals surface area contributed by atoms with Crippen molar-refractivity contribution in [1.82, 2.24) is 4.90 Å². The quantitative estimate of drug-likeness (QED) is 0.831. The summed E-state index contributed by atoms with van der Waals surface area (Å²) in [6.45, 7) is 6.43. The molecule has 2 aliphatic rings. The second-order valence-electron chi connectivity index (χ2n) is 8.99. The number of aliphatic hydroxyl groups is 1. The van der Waals surface area contributed by atoms with Gasteiger partial charge in [0.2, 0.25) is 0 Å². The van der Waals surface area contributed by atoms with Gasteiger partial charge in [-0.15, -0.1) is 0 Å². The van der Waals surface area contributed by atoms with Gasteiger partial charge >= 0.3 is 5.97 Å². The maximum absolute atomic E-state index is 12.3. The third kappa shape index (κ3) is 3.05. The van der Waals surface area contributed by atoms with E-state index in [4.69, 9.17) is 0 Å². The Hall–Kier alpha value is -2.17. The van der Waals surface area contributed by atoms with Crippen LogP contribution in [-0.4, -0.2) is 40.7 Å². The molecular formula is C24H29NO3. The number of piperidine rings is 1. The number of carbonyl (C=O) groups is 1. The molecule has 1 saturated carbocycles. The van der Waals surface area contributed by atoms with E-state index in [2.05, 4.69) is 11.8 Å². The molecule has 2 fully saturated rings. The maximum atomic E-state index is 12.3. The minimum Gasteiger partial charge on any atom is -0.481 e. The molecule has 2 atom stereocenters. The average Bonchev–Trinajstić information content (AvgIpc) is 3.32. The molecule has 4 nitrogen and oxygen atoms in total. The SMILES string of the molecule is Cc1ccc([C@]2(C(=O)O)CC2(C)CN2CCC(O)(c3ccccc3)CC2)cc1. The average molecular weight is 380 g/mol. The Kier molecular flexibility index (Phi) is 4.59. The molecule has 2 aromatic carbocycles. The van der Waals surface area contributed by atoms with Crippen molar-refractivity contribution in [3.05, 3.63) is 71.3 Å². The van der Waals surface area contributed by atoms with Crippen LogP contribution >= 0.6 is 0 Å². The summed E-state index contributed by atoms with van der Waals surface area (Å²) in [6, 6.07) is 17.8. The summed E-state index contributed by atoms with van der Waals surface area (Å²) < 4.78 is 0. The monoisotopic (exact) mass is 379 g/mol. The van der Waals surface area contributed by atoms with Gasteiger partial charge in [0.05, 0.1) is 11.0 Å². The van der Waals surface area contributed by atoms with E-state index in [9.17, 15) is 15.0 Å². The van der Waals surface area contributed by atoms with Gasteiger partial charge in [0.1, 0.15) is 0 Å². The molecule has 1 heterocycles. The first-order chi connectivity index (χ1) is 13.3. The van der Waals surface area contributed by atoms with Crippen LogP contribution in [0.3, 0.4) is 0 Å². The summed E-state index contributed by atoms with van der Waals surface area (Å²) in [6.07, 6.45) is 2.02. The predicted molar refractivity (Wildman–Crippen MR) is 109 cm³/mol. The lowest BCUT2D eigenvalue weighted by Gasteiger charge is -2.40. The molecule has 2 aromatic rings. The van der Waals surface area contributed by atoms with Crippen molar-refractivity contribution >= 4 is 5.97 Å². The Labute approximate surface area is 166 Å².